The van der Waals surface area contributed by atoms with Crippen molar-refractivity contribution in [2.45, 2.75) is 6.61 Å². The third-order valence-corrected chi connectivity index (χ3v) is 2.91. The number of carbonyl (C=O) groups excluding carboxylic acids is 1. The molecule has 2 aromatic rings. The number of hydrogen-bond donors (Lipinski definition) is 1. The van der Waals surface area contributed by atoms with Gasteiger partial charge in [0.15, 0.2) is 0 Å². The van der Waals surface area contributed by atoms with Crippen molar-refractivity contribution in [3.8, 4) is 11.8 Å². The van der Waals surface area contributed by atoms with Crippen LogP contribution in [0.3, 0.4) is 0 Å². The molecule has 2 aromatic carbocycles. The summed E-state index contributed by atoms with van der Waals surface area (Å²) in [5.74, 6) is 4.29. The van der Waals surface area contributed by atoms with Crippen molar-refractivity contribution in [3.63, 3.8) is 0 Å². The smallest absolute Gasteiger partial charge is 0.408 e. The van der Waals surface area contributed by atoms with Crippen molar-refractivity contribution in [1.29, 1.82) is 0 Å². The van der Waals surface area contributed by atoms with Crippen molar-refractivity contribution in [2.75, 3.05) is 6.54 Å². The molecular weight excluding hydrogens is 315 g/mol. The van der Waals surface area contributed by atoms with Crippen molar-refractivity contribution >= 4 is 11.8 Å². The number of halogens is 1. The molecule has 0 radical (unpaired) electrons. The van der Waals surface area contributed by atoms with Crippen molar-refractivity contribution in [3.05, 3.63) is 75.6 Å². The zero-order chi connectivity index (χ0) is 17.4. The van der Waals surface area contributed by atoms with Crippen molar-refractivity contribution in [2.24, 2.45) is 0 Å². The fourth-order valence-corrected chi connectivity index (χ4v) is 1.77. The summed E-state index contributed by atoms with van der Waals surface area (Å²) in [6.07, 6.45) is -0.627. The summed E-state index contributed by atoms with van der Waals surface area (Å²) >= 11 is 0. The van der Waals surface area contributed by atoms with Crippen LogP contribution in [0.4, 0.5) is 14.9 Å². The molecule has 6 nitrogen and oxygen atoms in total. The van der Waals surface area contributed by atoms with Gasteiger partial charge in [0.25, 0.3) is 0 Å². The number of alkyl carbamates (subject to hydrolysis) is 1. The third-order valence-electron chi connectivity index (χ3n) is 2.91. The summed E-state index contributed by atoms with van der Waals surface area (Å²) in [6.45, 7) is 0.142. The molecule has 0 aliphatic rings. The van der Waals surface area contributed by atoms with Gasteiger partial charge in [-0.25, -0.2) is 4.79 Å². The van der Waals surface area contributed by atoms with Gasteiger partial charge in [0.1, 0.15) is 6.61 Å². The quantitative estimate of drug-likeness (QED) is 0.531. The maximum atomic E-state index is 13.2. The first-order valence-corrected chi connectivity index (χ1v) is 6.93. The van der Waals surface area contributed by atoms with E-state index in [1.807, 2.05) is 30.3 Å². The molecule has 0 atom stereocenters. The molecule has 0 spiro atoms. The Bertz CT molecular complexity index is 797. The van der Waals surface area contributed by atoms with E-state index < -0.39 is 22.5 Å². The molecule has 0 bridgehead atoms. The van der Waals surface area contributed by atoms with Crippen molar-refractivity contribution < 1.29 is 18.8 Å². The summed E-state index contributed by atoms with van der Waals surface area (Å²) in [5.41, 5.74) is 0.497. The highest BCUT2D eigenvalue weighted by Gasteiger charge is 2.13. The summed E-state index contributed by atoms with van der Waals surface area (Å²) in [6, 6.07) is 12.5. The number of hydrogen-bond acceptors (Lipinski definition) is 4. The Morgan fingerprint density at radius 1 is 1.25 bits per heavy atom. The Balaban J connectivity index is 1.82. The van der Waals surface area contributed by atoms with Crippen LogP contribution in [0.2, 0.25) is 0 Å². The van der Waals surface area contributed by atoms with Gasteiger partial charge in [0, 0.05) is 11.6 Å². The van der Waals surface area contributed by atoms with Crippen LogP contribution in [0.15, 0.2) is 48.5 Å². The lowest BCUT2D eigenvalue weighted by Crippen LogP contribution is -2.24. The molecule has 0 aromatic heterocycles. The molecule has 1 amide bonds. The minimum atomic E-state index is -0.923. The number of carbonyl (C=O) groups is 1. The van der Waals surface area contributed by atoms with Crippen LogP contribution < -0.4 is 5.32 Å². The fourth-order valence-electron chi connectivity index (χ4n) is 1.77. The third kappa shape index (κ3) is 5.10. The second-order valence-corrected chi connectivity index (χ2v) is 4.64. The van der Waals surface area contributed by atoms with E-state index in [2.05, 4.69) is 17.2 Å². The topological polar surface area (TPSA) is 81.5 Å². The Labute approximate surface area is 137 Å². The zero-order valence-electron chi connectivity index (χ0n) is 12.5. The molecular formula is C17H13FN2O4. The molecule has 24 heavy (non-hydrogen) atoms. The predicted octanol–water partition coefficient (Wildman–Crippen LogP) is 3.01. The molecule has 2 rings (SSSR count). The SMILES string of the molecule is O=C(NCC#Cc1ccc(F)c([N+](=O)[O-])c1)OCc1ccccc1. The van der Waals surface area contributed by atoms with Crippen LogP contribution in [0.25, 0.3) is 0 Å². The molecule has 7 heteroatoms. The summed E-state index contributed by atoms with van der Waals surface area (Å²) in [4.78, 5) is 21.3. The van der Waals surface area contributed by atoms with Crippen LogP contribution in [-0.2, 0) is 11.3 Å². The number of nitrogens with one attached hydrogen (secondary N) is 1. The predicted molar refractivity (Wildman–Crippen MR) is 84.6 cm³/mol. The molecule has 0 saturated carbocycles. The first-order valence-electron chi connectivity index (χ1n) is 6.93. The number of benzene rings is 2. The highest BCUT2D eigenvalue weighted by atomic mass is 19.1. The standard InChI is InChI=1S/C17H13FN2O4/c18-15-9-8-13(11-16(15)20(22)23)7-4-10-19-17(21)24-12-14-5-2-1-3-6-14/h1-3,5-6,8-9,11H,10,12H2,(H,19,21). The molecule has 122 valence electrons. The van der Waals surface area contributed by atoms with Gasteiger partial charge >= 0.3 is 11.8 Å². The van der Waals surface area contributed by atoms with Gasteiger partial charge in [0.05, 0.1) is 11.5 Å². The van der Waals surface area contributed by atoms with Crippen molar-refractivity contribution in [1.82, 2.24) is 5.32 Å². The average Bonchev–Trinajstić information content (AvgIpc) is 2.59. The minimum Gasteiger partial charge on any atom is -0.445 e. The lowest BCUT2D eigenvalue weighted by atomic mass is 10.2. The van der Waals surface area contributed by atoms with Crippen LogP contribution in [0, 0.1) is 27.8 Å². The molecule has 0 heterocycles. The van der Waals surface area contributed by atoms with E-state index >= 15 is 0 Å². The molecule has 1 N–H and O–H groups in total. The van der Waals surface area contributed by atoms with Crippen LogP contribution >= 0.6 is 0 Å². The van der Waals surface area contributed by atoms with E-state index in [0.717, 1.165) is 17.7 Å². The maximum Gasteiger partial charge on any atom is 0.408 e. The normalized spacial score (nSPS) is 9.54. The van der Waals surface area contributed by atoms with E-state index in [4.69, 9.17) is 4.74 Å². The van der Waals surface area contributed by atoms with E-state index in [0.29, 0.717) is 0 Å². The van der Waals surface area contributed by atoms with Gasteiger partial charge in [-0.1, -0.05) is 42.2 Å². The highest BCUT2D eigenvalue weighted by Crippen LogP contribution is 2.17. The first kappa shape index (κ1) is 17.0. The van der Waals surface area contributed by atoms with E-state index in [1.54, 1.807) is 0 Å². The number of rotatable bonds is 4. The molecule has 0 aliphatic carbocycles. The maximum absolute atomic E-state index is 13.2. The van der Waals surface area contributed by atoms with Crippen LogP contribution in [-0.4, -0.2) is 17.6 Å². The number of nitrogens with zero attached hydrogens (tertiary/aromatic N) is 1. The molecule has 0 unspecified atom stereocenters. The van der Waals surface area contributed by atoms with Gasteiger partial charge in [-0.3, -0.25) is 10.1 Å². The zero-order valence-corrected chi connectivity index (χ0v) is 12.5. The second-order valence-electron chi connectivity index (χ2n) is 4.64. The summed E-state index contributed by atoms with van der Waals surface area (Å²) < 4.78 is 18.2. The van der Waals surface area contributed by atoms with Gasteiger partial charge in [-0.05, 0) is 17.7 Å². The number of nitro benzene ring substituents is 1. The molecule has 0 saturated heterocycles. The minimum absolute atomic E-state index is 0.00119. The van der Waals surface area contributed by atoms with Gasteiger partial charge in [0.2, 0.25) is 5.82 Å². The van der Waals surface area contributed by atoms with Gasteiger partial charge in [-0.2, -0.15) is 4.39 Å². The first-order chi connectivity index (χ1) is 11.6. The number of nitro groups is 1. The molecule has 0 aliphatic heterocycles. The highest BCUT2D eigenvalue weighted by molar-refractivity contribution is 5.67. The largest absolute Gasteiger partial charge is 0.445 e. The molecule has 0 fully saturated rings. The number of amides is 1. The van der Waals surface area contributed by atoms with E-state index in [9.17, 15) is 19.3 Å². The second kappa shape index (κ2) is 8.29. The lowest BCUT2D eigenvalue weighted by molar-refractivity contribution is -0.387. The van der Waals surface area contributed by atoms with Gasteiger partial charge < -0.3 is 10.1 Å². The summed E-state index contributed by atoms with van der Waals surface area (Å²) in [7, 11) is 0. The Hall–Kier alpha value is -3.40. The average molecular weight is 328 g/mol. The number of ether oxygens (including phenoxy) is 1. The lowest BCUT2D eigenvalue weighted by Gasteiger charge is -2.04. The van der Waals surface area contributed by atoms with Crippen LogP contribution in [0.5, 0.6) is 0 Å². The Kier molecular flexibility index (Phi) is 5.86. The van der Waals surface area contributed by atoms with Crippen LogP contribution in [0.1, 0.15) is 11.1 Å². The van der Waals surface area contributed by atoms with Gasteiger partial charge in [-0.15, -0.1) is 0 Å². The Morgan fingerprint density at radius 2 is 2.00 bits per heavy atom. The Morgan fingerprint density at radius 3 is 2.71 bits per heavy atom. The van der Waals surface area contributed by atoms with E-state index in [1.165, 1.54) is 6.07 Å². The monoisotopic (exact) mass is 328 g/mol. The summed E-state index contributed by atoms with van der Waals surface area (Å²) in [5, 5.41) is 13.1. The van der Waals surface area contributed by atoms with E-state index in [-0.39, 0.29) is 18.7 Å². The fraction of sp³-hybridized carbons (Fsp3) is 0.118.